The lowest BCUT2D eigenvalue weighted by Gasteiger charge is -2.48. The van der Waals surface area contributed by atoms with Crippen LogP contribution >= 0.6 is 0 Å². The van der Waals surface area contributed by atoms with Crippen LogP contribution < -0.4 is 5.32 Å². The fourth-order valence-electron chi connectivity index (χ4n) is 4.53. The van der Waals surface area contributed by atoms with Gasteiger partial charge in [-0.25, -0.2) is 0 Å². The second-order valence-electron chi connectivity index (χ2n) is 6.77. The number of pyridine rings is 1. The summed E-state index contributed by atoms with van der Waals surface area (Å²) < 4.78 is 0. The molecule has 0 aromatic carbocycles. The number of nitrogens with zero attached hydrogens (tertiary/aromatic N) is 2. The van der Waals surface area contributed by atoms with Crippen LogP contribution in [0.3, 0.4) is 0 Å². The Kier molecular flexibility index (Phi) is 4.91. The van der Waals surface area contributed by atoms with Crippen molar-refractivity contribution in [1.82, 2.24) is 15.2 Å². The van der Waals surface area contributed by atoms with Gasteiger partial charge in [-0.1, -0.05) is 25.3 Å². The minimum absolute atomic E-state index is 0.380. The third kappa shape index (κ3) is 3.14. The van der Waals surface area contributed by atoms with Gasteiger partial charge < -0.3 is 5.32 Å². The van der Waals surface area contributed by atoms with Crippen LogP contribution in [0.5, 0.6) is 0 Å². The molecular weight excluding hydrogens is 258 g/mol. The van der Waals surface area contributed by atoms with Crippen LogP contribution in [0.2, 0.25) is 0 Å². The van der Waals surface area contributed by atoms with Gasteiger partial charge in [0.1, 0.15) is 0 Å². The Labute approximate surface area is 129 Å². The van der Waals surface area contributed by atoms with Crippen molar-refractivity contribution in [2.24, 2.45) is 0 Å². The van der Waals surface area contributed by atoms with E-state index in [9.17, 15) is 0 Å². The summed E-state index contributed by atoms with van der Waals surface area (Å²) in [5.74, 6) is 0. The topological polar surface area (TPSA) is 28.2 Å². The van der Waals surface area contributed by atoms with Crippen LogP contribution in [0, 0.1) is 0 Å². The van der Waals surface area contributed by atoms with Gasteiger partial charge in [0, 0.05) is 24.0 Å². The Balaban J connectivity index is 1.80. The number of rotatable bonds is 5. The van der Waals surface area contributed by atoms with Gasteiger partial charge in [0.2, 0.25) is 0 Å². The zero-order valence-corrected chi connectivity index (χ0v) is 13.4. The van der Waals surface area contributed by atoms with Crippen molar-refractivity contribution < 1.29 is 0 Å². The number of likely N-dealkylation sites (N-methyl/N-ethyl adjacent to an activating group) is 1. The van der Waals surface area contributed by atoms with Gasteiger partial charge >= 0.3 is 0 Å². The van der Waals surface area contributed by atoms with E-state index in [0.29, 0.717) is 11.6 Å². The third-order valence-corrected chi connectivity index (χ3v) is 5.61. The van der Waals surface area contributed by atoms with E-state index in [1.54, 1.807) is 0 Å². The van der Waals surface area contributed by atoms with Gasteiger partial charge in [-0.05, 0) is 63.9 Å². The summed E-state index contributed by atoms with van der Waals surface area (Å²) in [6, 6.07) is 4.82. The van der Waals surface area contributed by atoms with Crippen LogP contribution in [0.25, 0.3) is 0 Å². The highest BCUT2D eigenvalue weighted by atomic mass is 15.2. The maximum Gasteiger partial charge on any atom is 0.0365 e. The monoisotopic (exact) mass is 287 g/mol. The van der Waals surface area contributed by atoms with Gasteiger partial charge in [-0.15, -0.1) is 0 Å². The number of nitrogens with one attached hydrogen (secondary N) is 1. The maximum atomic E-state index is 4.29. The Hall–Kier alpha value is -0.930. The summed E-state index contributed by atoms with van der Waals surface area (Å²) in [6.45, 7) is 2.59. The predicted molar refractivity (Wildman–Crippen MR) is 87.4 cm³/mol. The molecule has 1 aromatic rings. The molecule has 0 radical (unpaired) electrons. The fraction of sp³-hybridized carbons (Fsp3) is 0.722. The zero-order valence-electron chi connectivity index (χ0n) is 13.4. The first-order chi connectivity index (χ1) is 10.3. The van der Waals surface area contributed by atoms with Crippen molar-refractivity contribution in [2.45, 2.75) is 62.9 Å². The summed E-state index contributed by atoms with van der Waals surface area (Å²) in [5, 5.41) is 3.66. The average molecular weight is 287 g/mol. The summed E-state index contributed by atoms with van der Waals surface area (Å²) in [7, 11) is 2.14. The minimum Gasteiger partial charge on any atom is -0.315 e. The lowest BCUT2D eigenvalue weighted by molar-refractivity contribution is 0.0389. The Bertz CT molecular complexity index is 419. The van der Waals surface area contributed by atoms with E-state index in [-0.39, 0.29) is 0 Å². The Morgan fingerprint density at radius 3 is 2.57 bits per heavy atom. The van der Waals surface area contributed by atoms with E-state index in [2.05, 4.69) is 34.4 Å². The van der Waals surface area contributed by atoms with Gasteiger partial charge in [-0.2, -0.15) is 0 Å². The molecule has 0 bridgehead atoms. The largest absolute Gasteiger partial charge is 0.315 e. The van der Waals surface area contributed by atoms with E-state index >= 15 is 0 Å². The molecule has 116 valence electrons. The Morgan fingerprint density at radius 2 is 1.95 bits per heavy atom. The first kappa shape index (κ1) is 15.0. The van der Waals surface area contributed by atoms with Crippen molar-refractivity contribution >= 4 is 0 Å². The van der Waals surface area contributed by atoms with E-state index in [4.69, 9.17) is 0 Å². The molecule has 0 spiro atoms. The lowest BCUT2D eigenvalue weighted by Crippen LogP contribution is -2.61. The smallest absolute Gasteiger partial charge is 0.0365 e. The molecule has 1 N–H and O–H groups in total. The highest BCUT2D eigenvalue weighted by Crippen LogP contribution is 2.40. The number of aromatic nitrogens is 1. The van der Waals surface area contributed by atoms with Crippen molar-refractivity contribution in [3.8, 4) is 0 Å². The molecule has 1 atom stereocenters. The summed E-state index contributed by atoms with van der Waals surface area (Å²) >= 11 is 0. The van der Waals surface area contributed by atoms with Gasteiger partial charge in [-0.3, -0.25) is 9.88 Å². The van der Waals surface area contributed by atoms with Gasteiger partial charge in [0.15, 0.2) is 0 Å². The summed E-state index contributed by atoms with van der Waals surface area (Å²) in [4.78, 5) is 7.11. The molecule has 1 saturated carbocycles. The summed E-state index contributed by atoms with van der Waals surface area (Å²) in [5.41, 5.74) is 1.74. The predicted octanol–water partition coefficient (Wildman–Crippen LogP) is 3.01. The molecule has 21 heavy (non-hydrogen) atoms. The molecule has 1 aliphatic carbocycles. The standard InChI is InChI=1S/C18H29N3/c1-19-17(14-16-8-7-11-20-15-16)18(9-3-4-10-18)21-12-5-2-6-13-21/h7-8,11,15,17,19H,2-6,9-10,12-14H2,1H3. The van der Waals surface area contributed by atoms with E-state index in [0.717, 1.165) is 6.42 Å². The molecule has 1 unspecified atom stereocenters. The van der Waals surface area contributed by atoms with Crippen molar-refractivity contribution in [1.29, 1.82) is 0 Å². The molecule has 3 heteroatoms. The fourth-order valence-corrected chi connectivity index (χ4v) is 4.53. The van der Waals surface area contributed by atoms with E-state index in [1.165, 1.54) is 63.6 Å². The molecule has 3 rings (SSSR count). The number of hydrogen-bond acceptors (Lipinski definition) is 3. The molecule has 2 aliphatic rings. The van der Waals surface area contributed by atoms with Crippen molar-refractivity contribution in [3.63, 3.8) is 0 Å². The molecular formula is C18H29N3. The van der Waals surface area contributed by atoms with Crippen molar-refractivity contribution in [2.75, 3.05) is 20.1 Å². The van der Waals surface area contributed by atoms with Crippen LogP contribution in [-0.2, 0) is 6.42 Å². The Morgan fingerprint density at radius 1 is 1.19 bits per heavy atom. The molecule has 2 heterocycles. The van der Waals surface area contributed by atoms with Crippen LogP contribution in [0.4, 0.5) is 0 Å². The van der Waals surface area contributed by atoms with Gasteiger partial charge in [0.25, 0.3) is 0 Å². The van der Waals surface area contributed by atoms with Crippen LogP contribution in [0.1, 0.15) is 50.5 Å². The number of hydrogen-bond donors (Lipinski definition) is 1. The molecule has 1 aliphatic heterocycles. The highest BCUT2D eigenvalue weighted by molar-refractivity contribution is 5.15. The first-order valence-electron chi connectivity index (χ1n) is 8.66. The molecule has 0 amide bonds. The average Bonchev–Trinajstić information content (AvgIpc) is 3.05. The third-order valence-electron chi connectivity index (χ3n) is 5.61. The van der Waals surface area contributed by atoms with Crippen LogP contribution in [-0.4, -0.2) is 41.6 Å². The molecule has 1 aromatic heterocycles. The highest BCUT2D eigenvalue weighted by Gasteiger charge is 2.45. The van der Waals surface area contributed by atoms with E-state index in [1.807, 2.05) is 12.4 Å². The van der Waals surface area contributed by atoms with Crippen LogP contribution in [0.15, 0.2) is 24.5 Å². The normalized spacial score (nSPS) is 24.0. The quantitative estimate of drug-likeness (QED) is 0.902. The SMILES string of the molecule is CNC(Cc1cccnc1)C1(N2CCCCC2)CCCC1. The minimum atomic E-state index is 0.380. The first-order valence-corrected chi connectivity index (χ1v) is 8.66. The number of piperidine rings is 1. The lowest BCUT2D eigenvalue weighted by atomic mass is 9.81. The molecule has 1 saturated heterocycles. The van der Waals surface area contributed by atoms with Crippen molar-refractivity contribution in [3.05, 3.63) is 30.1 Å². The second kappa shape index (κ2) is 6.89. The summed E-state index contributed by atoms with van der Waals surface area (Å²) in [6.07, 6.45) is 14.7. The van der Waals surface area contributed by atoms with Gasteiger partial charge in [0.05, 0.1) is 0 Å². The number of likely N-dealkylation sites (tertiary alicyclic amines) is 1. The maximum absolute atomic E-state index is 4.29. The zero-order chi connectivity index (χ0) is 14.5. The molecule has 2 fully saturated rings. The second-order valence-corrected chi connectivity index (χ2v) is 6.77. The molecule has 3 nitrogen and oxygen atoms in total. The van der Waals surface area contributed by atoms with E-state index < -0.39 is 0 Å².